The molecule has 4 nitrogen and oxygen atoms in total. The molecule has 2 aromatic rings. The number of hydrogen-bond donors (Lipinski definition) is 1. The van der Waals surface area contributed by atoms with Crippen LogP contribution < -0.4 is 5.32 Å². The molecule has 0 aromatic heterocycles. The first kappa shape index (κ1) is 18.1. The molecular formula is C19H21NO3S. The second kappa shape index (κ2) is 8.55. The minimum Gasteiger partial charge on any atom is -0.467 e. The van der Waals surface area contributed by atoms with E-state index < -0.39 is 10.8 Å². The molecule has 2 rings (SSSR count). The minimum absolute atomic E-state index is 0.267. The third-order valence-corrected chi connectivity index (χ3v) is 4.90. The van der Waals surface area contributed by atoms with E-state index in [-0.39, 0.29) is 5.91 Å². The maximum absolute atomic E-state index is 12.5. The summed E-state index contributed by atoms with van der Waals surface area (Å²) in [6.07, 6.45) is 0.359. The largest absolute Gasteiger partial charge is 0.467 e. The first-order chi connectivity index (χ1) is 11.6. The van der Waals surface area contributed by atoms with Gasteiger partial charge < -0.3 is 10.1 Å². The number of benzene rings is 2. The van der Waals surface area contributed by atoms with E-state index in [0.29, 0.717) is 12.2 Å². The highest BCUT2D eigenvalue weighted by Gasteiger charge is 2.41. The number of rotatable bonds is 7. The van der Waals surface area contributed by atoms with Gasteiger partial charge in [-0.05, 0) is 11.1 Å². The van der Waals surface area contributed by atoms with Crippen molar-refractivity contribution in [1.29, 1.82) is 0 Å². The molecule has 0 bridgehead atoms. The van der Waals surface area contributed by atoms with Crippen LogP contribution in [0.3, 0.4) is 0 Å². The van der Waals surface area contributed by atoms with Gasteiger partial charge >= 0.3 is 5.97 Å². The van der Waals surface area contributed by atoms with Crippen LogP contribution in [0.4, 0.5) is 0 Å². The van der Waals surface area contributed by atoms with E-state index in [0.717, 1.165) is 11.1 Å². The minimum atomic E-state index is -1.15. The summed E-state index contributed by atoms with van der Waals surface area (Å²) in [6, 6.07) is 19.4. The van der Waals surface area contributed by atoms with Crippen LogP contribution in [0, 0.1) is 0 Å². The number of ether oxygens (including phenoxy) is 1. The summed E-state index contributed by atoms with van der Waals surface area (Å²) < 4.78 is 5.00. The molecule has 126 valence electrons. The van der Waals surface area contributed by atoms with Crippen molar-refractivity contribution in [3.63, 3.8) is 0 Å². The first-order valence-electron chi connectivity index (χ1n) is 7.65. The first-order valence-corrected chi connectivity index (χ1v) is 8.63. The van der Waals surface area contributed by atoms with Crippen molar-refractivity contribution in [2.24, 2.45) is 0 Å². The number of nitrogens with one attached hydrogen (secondary N) is 1. The quantitative estimate of drug-likeness (QED) is 0.620. The van der Waals surface area contributed by atoms with Crippen LogP contribution in [0.1, 0.15) is 18.1 Å². The zero-order chi connectivity index (χ0) is 17.4. The van der Waals surface area contributed by atoms with Crippen molar-refractivity contribution < 1.29 is 14.3 Å². The molecule has 0 fully saturated rings. The lowest BCUT2D eigenvalue weighted by Gasteiger charge is -2.31. The topological polar surface area (TPSA) is 55.4 Å². The Balaban J connectivity index is 2.29. The molecule has 5 heteroatoms. The predicted molar refractivity (Wildman–Crippen MR) is 96.4 cm³/mol. The highest BCUT2D eigenvalue weighted by molar-refractivity contribution is 8.00. The molecule has 1 atom stereocenters. The number of carbonyl (C=O) groups is 2. The Labute approximate surface area is 146 Å². The predicted octanol–water partition coefficient (Wildman–Crippen LogP) is 3.17. The number of methoxy groups -OCH3 is 1. The normalized spacial score (nSPS) is 12.9. The van der Waals surface area contributed by atoms with Gasteiger partial charge in [0.1, 0.15) is 0 Å². The fraction of sp³-hybridized carbons (Fsp3) is 0.263. The van der Waals surface area contributed by atoms with E-state index >= 15 is 0 Å². The molecule has 0 spiro atoms. The molecule has 0 aliphatic rings. The van der Waals surface area contributed by atoms with E-state index in [1.807, 2.05) is 60.7 Å². The van der Waals surface area contributed by atoms with Crippen molar-refractivity contribution in [1.82, 2.24) is 5.32 Å². The van der Waals surface area contributed by atoms with Crippen LogP contribution in [0.2, 0.25) is 0 Å². The van der Waals surface area contributed by atoms with E-state index in [1.165, 1.54) is 25.8 Å². The number of amides is 1. The summed E-state index contributed by atoms with van der Waals surface area (Å²) >= 11 is 1.37. The molecule has 24 heavy (non-hydrogen) atoms. The average Bonchev–Trinajstić information content (AvgIpc) is 2.60. The van der Waals surface area contributed by atoms with Crippen LogP contribution in [0.15, 0.2) is 60.7 Å². The molecule has 2 aromatic carbocycles. The Morgan fingerprint density at radius 3 is 2.04 bits per heavy atom. The lowest BCUT2D eigenvalue weighted by molar-refractivity contribution is -0.146. The Morgan fingerprint density at radius 1 is 1.00 bits per heavy atom. The summed E-state index contributed by atoms with van der Waals surface area (Å²) in [5.41, 5.74) is 2.03. The van der Waals surface area contributed by atoms with Gasteiger partial charge in [0.05, 0.1) is 7.11 Å². The monoisotopic (exact) mass is 343 g/mol. The Kier molecular flexibility index (Phi) is 6.44. The van der Waals surface area contributed by atoms with Crippen molar-refractivity contribution in [2.45, 2.75) is 24.0 Å². The van der Waals surface area contributed by atoms with Crippen molar-refractivity contribution in [3.05, 3.63) is 71.8 Å². The van der Waals surface area contributed by atoms with Crippen LogP contribution in [-0.4, -0.2) is 23.9 Å². The summed E-state index contributed by atoms with van der Waals surface area (Å²) in [7, 11) is 1.34. The van der Waals surface area contributed by atoms with E-state index in [4.69, 9.17) is 4.74 Å². The van der Waals surface area contributed by atoms with Gasteiger partial charge in [-0.3, -0.25) is 4.79 Å². The summed E-state index contributed by atoms with van der Waals surface area (Å²) in [5.74, 6) is -0.136. The number of carbonyl (C=O) groups excluding carboxylic acids is 2. The van der Waals surface area contributed by atoms with Gasteiger partial charge in [-0.25, -0.2) is 4.79 Å². The molecule has 1 amide bonds. The third-order valence-electron chi connectivity index (χ3n) is 3.52. The summed E-state index contributed by atoms with van der Waals surface area (Å²) in [5, 5.41) is 2.81. The van der Waals surface area contributed by atoms with Gasteiger partial charge in [0.25, 0.3) is 0 Å². The SMILES string of the molecule is COC(=O)[C@@](Cc1ccccc1)(NC(C)=O)SCc1ccccc1. The second-order valence-corrected chi connectivity index (χ2v) is 6.71. The summed E-state index contributed by atoms with van der Waals surface area (Å²) in [4.78, 5) is 23.1. The molecule has 0 aliphatic heterocycles. The van der Waals surface area contributed by atoms with Crippen LogP contribution in [0.5, 0.6) is 0 Å². The molecule has 0 unspecified atom stereocenters. The highest BCUT2D eigenvalue weighted by Crippen LogP contribution is 2.31. The van der Waals surface area contributed by atoms with Crippen molar-refractivity contribution in [3.8, 4) is 0 Å². The molecule has 0 heterocycles. The van der Waals surface area contributed by atoms with Crippen molar-refractivity contribution in [2.75, 3.05) is 7.11 Å². The zero-order valence-electron chi connectivity index (χ0n) is 13.8. The zero-order valence-corrected chi connectivity index (χ0v) is 14.6. The van der Waals surface area contributed by atoms with E-state index in [9.17, 15) is 9.59 Å². The highest BCUT2D eigenvalue weighted by atomic mass is 32.2. The third kappa shape index (κ3) is 4.86. The molecule has 1 N–H and O–H groups in total. The van der Waals surface area contributed by atoms with Crippen LogP contribution in [0.25, 0.3) is 0 Å². The average molecular weight is 343 g/mol. The lowest BCUT2D eigenvalue weighted by atomic mass is 10.1. The smallest absolute Gasteiger partial charge is 0.342 e. The van der Waals surface area contributed by atoms with E-state index in [1.54, 1.807) is 0 Å². The molecule has 0 saturated heterocycles. The van der Waals surface area contributed by atoms with Crippen LogP contribution in [-0.2, 0) is 26.5 Å². The fourth-order valence-electron chi connectivity index (χ4n) is 2.43. The number of thioether (sulfide) groups is 1. The Bertz CT molecular complexity index is 676. The van der Waals surface area contributed by atoms with E-state index in [2.05, 4.69) is 5.32 Å². The van der Waals surface area contributed by atoms with Gasteiger partial charge in [0.2, 0.25) is 5.91 Å². The molecule has 0 aliphatic carbocycles. The number of hydrogen-bond acceptors (Lipinski definition) is 4. The fourth-order valence-corrected chi connectivity index (χ4v) is 3.72. The molecular weight excluding hydrogens is 322 g/mol. The lowest BCUT2D eigenvalue weighted by Crippen LogP contribution is -2.53. The molecule has 0 radical (unpaired) electrons. The van der Waals surface area contributed by atoms with Crippen molar-refractivity contribution >= 4 is 23.6 Å². The van der Waals surface area contributed by atoms with Gasteiger partial charge in [0, 0.05) is 19.1 Å². The number of esters is 1. The standard InChI is InChI=1S/C19H21NO3S/c1-15(21)20-19(18(22)23-2,13-16-9-5-3-6-10-16)24-14-17-11-7-4-8-12-17/h3-12H,13-14H2,1-2H3,(H,20,21)/t19-/m0/s1. The van der Waals surface area contributed by atoms with Gasteiger partial charge in [-0.15, -0.1) is 11.8 Å². The van der Waals surface area contributed by atoms with Gasteiger partial charge in [0.15, 0.2) is 4.87 Å². The van der Waals surface area contributed by atoms with Crippen LogP contribution >= 0.6 is 11.8 Å². The summed E-state index contributed by atoms with van der Waals surface area (Å²) in [6.45, 7) is 1.41. The second-order valence-electron chi connectivity index (χ2n) is 5.44. The molecule has 0 saturated carbocycles. The van der Waals surface area contributed by atoms with Gasteiger partial charge in [-0.1, -0.05) is 60.7 Å². The Morgan fingerprint density at radius 2 is 1.54 bits per heavy atom. The maximum atomic E-state index is 12.5. The van der Waals surface area contributed by atoms with Gasteiger partial charge in [-0.2, -0.15) is 0 Å². The Hall–Kier alpha value is -2.27. The maximum Gasteiger partial charge on any atom is 0.342 e.